The van der Waals surface area contributed by atoms with Crippen molar-refractivity contribution in [1.82, 2.24) is 9.97 Å². The lowest BCUT2D eigenvalue weighted by atomic mass is 10.2. The smallest absolute Gasteiger partial charge is 0.352 e. The number of rotatable bonds is 2. The molecule has 3 rings (SSSR count). The van der Waals surface area contributed by atoms with Crippen LogP contribution in [0, 0.1) is 5.82 Å². The molecule has 0 saturated carbocycles. The molecule has 2 N–H and O–H groups in total. The van der Waals surface area contributed by atoms with Crippen LogP contribution in [0.5, 0.6) is 0 Å². The molecule has 0 spiro atoms. The van der Waals surface area contributed by atoms with E-state index in [0.29, 0.717) is 20.9 Å². The second-order valence-electron chi connectivity index (χ2n) is 3.70. The van der Waals surface area contributed by atoms with Crippen molar-refractivity contribution in [1.29, 1.82) is 0 Å². The van der Waals surface area contributed by atoms with Gasteiger partial charge >= 0.3 is 5.97 Å². The van der Waals surface area contributed by atoms with Gasteiger partial charge in [0.05, 0.1) is 4.70 Å². The molecule has 3 aromatic rings. The molecule has 2 aromatic heterocycles. The third kappa shape index (κ3) is 1.67. The van der Waals surface area contributed by atoms with Gasteiger partial charge in [0, 0.05) is 5.56 Å². The van der Waals surface area contributed by atoms with Crippen molar-refractivity contribution in [2.24, 2.45) is 0 Å². The molecule has 0 unspecified atom stereocenters. The summed E-state index contributed by atoms with van der Waals surface area (Å²) < 4.78 is 14.3. The van der Waals surface area contributed by atoms with Gasteiger partial charge < -0.3 is 10.1 Å². The number of H-pyrrole nitrogens is 1. The highest BCUT2D eigenvalue weighted by Gasteiger charge is 2.14. The maximum atomic E-state index is 13.6. The Morgan fingerprint density at radius 3 is 2.83 bits per heavy atom. The molecular weight excluding hydrogens is 255 g/mol. The summed E-state index contributed by atoms with van der Waals surface area (Å²) in [6.07, 6.45) is 0. The monoisotopic (exact) mass is 262 g/mol. The number of benzene rings is 1. The largest absolute Gasteiger partial charge is 0.477 e. The van der Waals surface area contributed by atoms with Gasteiger partial charge in [-0.05, 0) is 18.2 Å². The summed E-state index contributed by atoms with van der Waals surface area (Å²) in [5.41, 5.74) is 0.975. The van der Waals surface area contributed by atoms with Crippen molar-refractivity contribution in [2.75, 3.05) is 0 Å². The van der Waals surface area contributed by atoms with E-state index >= 15 is 0 Å². The van der Waals surface area contributed by atoms with Gasteiger partial charge in [0.1, 0.15) is 22.2 Å². The number of nitrogens with zero attached hydrogens (tertiary/aromatic N) is 1. The molecule has 4 nitrogen and oxygen atoms in total. The number of aromatic carboxylic acids is 1. The van der Waals surface area contributed by atoms with Gasteiger partial charge in [0.15, 0.2) is 0 Å². The number of carbonyl (C=O) groups is 1. The minimum atomic E-state index is -1.03. The van der Waals surface area contributed by atoms with Gasteiger partial charge in [-0.3, -0.25) is 0 Å². The normalized spacial score (nSPS) is 10.9. The Hall–Kier alpha value is -2.21. The van der Waals surface area contributed by atoms with Crippen molar-refractivity contribution in [3.05, 3.63) is 41.8 Å². The highest BCUT2D eigenvalue weighted by Crippen LogP contribution is 2.31. The standard InChI is InChI=1S/C12H7FN2O2S/c13-7-4-2-1-3-6(7)11-15-10-9(18-11)5-8(14-10)12(16)17/h1-5,14H,(H,16,17). The number of carboxylic acids is 1. The molecule has 90 valence electrons. The van der Waals surface area contributed by atoms with Crippen LogP contribution in [0.25, 0.3) is 20.9 Å². The van der Waals surface area contributed by atoms with E-state index < -0.39 is 5.97 Å². The van der Waals surface area contributed by atoms with Gasteiger partial charge in [-0.2, -0.15) is 0 Å². The fraction of sp³-hybridized carbons (Fsp3) is 0. The highest BCUT2D eigenvalue weighted by molar-refractivity contribution is 7.21. The van der Waals surface area contributed by atoms with E-state index in [1.807, 2.05) is 0 Å². The molecule has 18 heavy (non-hydrogen) atoms. The summed E-state index contributed by atoms with van der Waals surface area (Å²) in [7, 11) is 0. The maximum Gasteiger partial charge on any atom is 0.352 e. The number of hydrogen-bond donors (Lipinski definition) is 2. The van der Waals surface area contributed by atoms with Crippen LogP contribution in [-0.4, -0.2) is 21.0 Å². The summed E-state index contributed by atoms with van der Waals surface area (Å²) >= 11 is 1.26. The maximum absolute atomic E-state index is 13.6. The quantitative estimate of drug-likeness (QED) is 0.745. The van der Waals surface area contributed by atoms with E-state index in [0.717, 1.165) is 0 Å². The predicted molar refractivity (Wildman–Crippen MR) is 66.3 cm³/mol. The lowest BCUT2D eigenvalue weighted by Crippen LogP contribution is -1.95. The minimum absolute atomic E-state index is 0.0869. The summed E-state index contributed by atoms with van der Waals surface area (Å²) in [5.74, 6) is -1.37. The van der Waals surface area contributed by atoms with E-state index in [1.54, 1.807) is 18.2 Å². The lowest BCUT2D eigenvalue weighted by molar-refractivity contribution is 0.0691. The second kappa shape index (κ2) is 3.92. The number of carboxylic acid groups (broad SMARTS) is 1. The summed E-state index contributed by atoms with van der Waals surface area (Å²) in [6.45, 7) is 0. The summed E-state index contributed by atoms with van der Waals surface area (Å²) in [5, 5.41) is 9.35. The number of nitrogens with one attached hydrogen (secondary N) is 1. The van der Waals surface area contributed by atoms with Crippen molar-refractivity contribution in [2.45, 2.75) is 0 Å². The van der Waals surface area contributed by atoms with Crippen LogP contribution in [0.3, 0.4) is 0 Å². The zero-order valence-corrected chi connectivity index (χ0v) is 9.79. The number of halogens is 1. The Balaban J connectivity index is 2.12. The Labute approximate surface area is 105 Å². The Morgan fingerprint density at radius 2 is 2.17 bits per heavy atom. The molecule has 6 heteroatoms. The molecule has 0 aliphatic rings. The molecule has 0 saturated heterocycles. The van der Waals surface area contributed by atoms with Crippen molar-refractivity contribution in [3.63, 3.8) is 0 Å². The van der Waals surface area contributed by atoms with Crippen molar-refractivity contribution < 1.29 is 14.3 Å². The van der Waals surface area contributed by atoms with Gasteiger partial charge in [-0.1, -0.05) is 12.1 Å². The topological polar surface area (TPSA) is 66.0 Å². The highest BCUT2D eigenvalue weighted by atomic mass is 32.1. The Kier molecular flexibility index (Phi) is 2.38. The summed E-state index contributed by atoms with van der Waals surface area (Å²) in [4.78, 5) is 17.7. The van der Waals surface area contributed by atoms with Gasteiger partial charge in [-0.15, -0.1) is 11.3 Å². The van der Waals surface area contributed by atoms with E-state index in [1.165, 1.54) is 23.5 Å². The van der Waals surface area contributed by atoms with Crippen LogP contribution in [0.15, 0.2) is 30.3 Å². The predicted octanol–water partition coefficient (Wildman–Crippen LogP) is 3.13. The molecule has 0 amide bonds. The number of fused-ring (bicyclic) bond motifs is 1. The third-order valence-electron chi connectivity index (χ3n) is 2.52. The van der Waals surface area contributed by atoms with Crippen LogP contribution in [-0.2, 0) is 0 Å². The average molecular weight is 262 g/mol. The molecule has 0 radical (unpaired) electrons. The molecule has 0 aliphatic heterocycles. The molecule has 1 aromatic carbocycles. The Bertz CT molecular complexity index is 716. The zero-order chi connectivity index (χ0) is 12.7. The van der Waals surface area contributed by atoms with Crippen LogP contribution >= 0.6 is 11.3 Å². The van der Waals surface area contributed by atoms with Crippen LogP contribution in [0.1, 0.15) is 10.5 Å². The van der Waals surface area contributed by atoms with Gasteiger partial charge in [0.2, 0.25) is 0 Å². The molecule has 0 fully saturated rings. The van der Waals surface area contributed by atoms with E-state index in [9.17, 15) is 9.18 Å². The third-order valence-corrected chi connectivity index (χ3v) is 3.55. The van der Waals surface area contributed by atoms with Crippen LogP contribution in [0.4, 0.5) is 4.39 Å². The first kappa shape index (κ1) is 10.9. The van der Waals surface area contributed by atoms with E-state index in [-0.39, 0.29) is 11.5 Å². The number of aromatic amines is 1. The van der Waals surface area contributed by atoms with Gasteiger partial charge in [-0.25, -0.2) is 14.2 Å². The zero-order valence-electron chi connectivity index (χ0n) is 8.98. The molecule has 0 aliphatic carbocycles. The van der Waals surface area contributed by atoms with E-state index in [4.69, 9.17) is 5.11 Å². The molecular formula is C12H7FN2O2S. The second-order valence-corrected chi connectivity index (χ2v) is 4.73. The fourth-order valence-electron chi connectivity index (χ4n) is 1.68. The van der Waals surface area contributed by atoms with Gasteiger partial charge in [0.25, 0.3) is 0 Å². The van der Waals surface area contributed by atoms with Crippen LogP contribution < -0.4 is 0 Å². The first-order chi connectivity index (χ1) is 8.65. The number of aromatic nitrogens is 2. The molecule has 0 bridgehead atoms. The average Bonchev–Trinajstić information content (AvgIpc) is 2.87. The van der Waals surface area contributed by atoms with Crippen LogP contribution in [0.2, 0.25) is 0 Å². The first-order valence-electron chi connectivity index (χ1n) is 5.13. The van der Waals surface area contributed by atoms with Crippen molar-refractivity contribution in [3.8, 4) is 10.6 Å². The SMILES string of the molecule is O=C(O)c1cc2sc(-c3ccccc3F)nc2[nH]1. The minimum Gasteiger partial charge on any atom is -0.477 e. The summed E-state index contributed by atoms with van der Waals surface area (Å²) in [6, 6.07) is 7.86. The molecule has 2 heterocycles. The van der Waals surface area contributed by atoms with Crippen molar-refractivity contribution >= 4 is 27.7 Å². The molecule has 0 atom stereocenters. The Morgan fingerprint density at radius 1 is 1.39 bits per heavy atom. The first-order valence-corrected chi connectivity index (χ1v) is 5.94. The van der Waals surface area contributed by atoms with E-state index in [2.05, 4.69) is 9.97 Å². The number of thiazole rings is 1. The lowest BCUT2D eigenvalue weighted by Gasteiger charge is -1.96. The number of hydrogen-bond acceptors (Lipinski definition) is 3. The fourth-order valence-corrected chi connectivity index (χ4v) is 2.67.